The van der Waals surface area contributed by atoms with Crippen molar-refractivity contribution in [1.29, 1.82) is 0 Å². The molecule has 1 fully saturated rings. The summed E-state index contributed by atoms with van der Waals surface area (Å²) in [4.78, 5) is 4.67. The minimum Gasteiger partial charge on any atom is -0.456 e. The van der Waals surface area contributed by atoms with Crippen molar-refractivity contribution in [2.45, 2.75) is 45.4 Å². The summed E-state index contributed by atoms with van der Waals surface area (Å²) in [5.74, 6) is 0.655. The third kappa shape index (κ3) is 2.93. The second kappa shape index (κ2) is 6.23. The zero-order chi connectivity index (χ0) is 18.4. The highest BCUT2D eigenvalue weighted by atomic mass is 16.3. The van der Waals surface area contributed by atoms with E-state index < -0.39 is 0 Å². The van der Waals surface area contributed by atoms with Crippen LogP contribution in [0, 0.1) is 5.41 Å². The van der Waals surface area contributed by atoms with Gasteiger partial charge in [-0.15, -0.1) is 0 Å². The van der Waals surface area contributed by atoms with Gasteiger partial charge in [-0.2, -0.15) is 0 Å². The molecule has 1 aliphatic rings. The Morgan fingerprint density at radius 2 is 1.70 bits per heavy atom. The molecule has 0 atom stereocenters. The van der Waals surface area contributed by atoms with Crippen molar-refractivity contribution in [1.82, 2.24) is 4.98 Å². The van der Waals surface area contributed by atoms with E-state index in [0.29, 0.717) is 11.3 Å². The Kier molecular flexibility index (Phi) is 3.82. The second-order valence-electron chi connectivity index (χ2n) is 8.69. The third-order valence-electron chi connectivity index (χ3n) is 6.27. The molecule has 0 unspecified atom stereocenters. The SMILES string of the molecule is CC1(C)CCC(c2ccc3c(c2)oc2ccnc(-c4ccccc4)c23)CC1. The van der Waals surface area contributed by atoms with E-state index >= 15 is 0 Å². The summed E-state index contributed by atoms with van der Waals surface area (Å²) in [6.45, 7) is 4.79. The first kappa shape index (κ1) is 16.6. The molecule has 1 saturated carbocycles. The average Bonchev–Trinajstić information content (AvgIpc) is 3.06. The van der Waals surface area contributed by atoms with Gasteiger partial charge in [0.05, 0.1) is 11.1 Å². The quantitative estimate of drug-likeness (QED) is 0.376. The smallest absolute Gasteiger partial charge is 0.139 e. The van der Waals surface area contributed by atoms with E-state index in [-0.39, 0.29) is 0 Å². The Hall–Kier alpha value is -2.61. The predicted octanol–water partition coefficient (Wildman–Crippen LogP) is 7.33. The molecule has 4 aromatic rings. The van der Waals surface area contributed by atoms with E-state index in [1.165, 1.54) is 31.2 Å². The lowest BCUT2D eigenvalue weighted by Crippen LogP contribution is -2.20. The molecule has 0 spiro atoms. The minimum absolute atomic E-state index is 0.496. The van der Waals surface area contributed by atoms with Gasteiger partial charge in [-0.1, -0.05) is 56.3 Å². The summed E-state index contributed by atoms with van der Waals surface area (Å²) in [6.07, 6.45) is 7.00. The number of pyridine rings is 1. The molecule has 1 aliphatic carbocycles. The maximum absolute atomic E-state index is 6.25. The second-order valence-corrected chi connectivity index (χ2v) is 8.69. The Bertz CT molecular complexity index is 1100. The van der Waals surface area contributed by atoms with Crippen LogP contribution in [0.3, 0.4) is 0 Å². The van der Waals surface area contributed by atoms with Crippen molar-refractivity contribution in [3.05, 3.63) is 66.4 Å². The van der Waals surface area contributed by atoms with Crippen molar-refractivity contribution in [2.75, 3.05) is 0 Å². The topological polar surface area (TPSA) is 26.0 Å². The van der Waals surface area contributed by atoms with Crippen LogP contribution in [-0.4, -0.2) is 4.98 Å². The highest BCUT2D eigenvalue weighted by molar-refractivity contribution is 6.11. The Balaban J connectivity index is 1.60. The van der Waals surface area contributed by atoms with Crippen LogP contribution in [0.1, 0.15) is 51.0 Å². The summed E-state index contributed by atoms with van der Waals surface area (Å²) >= 11 is 0. The number of fused-ring (bicyclic) bond motifs is 3. The van der Waals surface area contributed by atoms with E-state index in [2.05, 4.69) is 61.3 Å². The van der Waals surface area contributed by atoms with Gasteiger partial charge < -0.3 is 4.42 Å². The fraction of sp³-hybridized carbons (Fsp3) is 0.320. The summed E-state index contributed by atoms with van der Waals surface area (Å²) in [5.41, 5.74) is 5.95. The van der Waals surface area contributed by atoms with E-state index in [9.17, 15) is 0 Å². The van der Waals surface area contributed by atoms with E-state index in [1.54, 1.807) is 0 Å². The zero-order valence-electron chi connectivity index (χ0n) is 16.0. The van der Waals surface area contributed by atoms with Crippen LogP contribution in [0.15, 0.2) is 65.2 Å². The Morgan fingerprint density at radius 3 is 2.48 bits per heavy atom. The van der Waals surface area contributed by atoms with Crippen LogP contribution in [-0.2, 0) is 0 Å². The normalized spacial score (nSPS) is 17.6. The van der Waals surface area contributed by atoms with Crippen LogP contribution in [0.2, 0.25) is 0 Å². The van der Waals surface area contributed by atoms with Crippen molar-refractivity contribution in [3.8, 4) is 11.3 Å². The first-order valence-electron chi connectivity index (χ1n) is 9.97. The fourth-order valence-electron chi connectivity index (χ4n) is 4.54. The van der Waals surface area contributed by atoms with Gasteiger partial charge in [-0.05, 0) is 54.7 Å². The van der Waals surface area contributed by atoms with Gasteiger partial charge in [0.25, 0.3) is 0 Å². The molecule has 27 heavy (non-hydrogen) atoms. The van der Waals surface area contributed by atoms with Crippen LogP contribution < -0.4 is 0 Å². The first-order chi connectivity index (χ1) is 13.1. The van der Waals surface area contributed by atoms with Gasteiger partial charge in [-0.25, -0.2) is 0 Å². The number of rotatable bonds is 2. The van der Waals surface area contributed by atoms with Crippen molar-refractivity contribution >= 4 is 21.9 Å². The highest BCUT2D eigenvalue weighted by Crippen LogP contribution is 2.43. The molecule has 0 saturated heterocycles. The van der Waals surface area contributed by atoms with Crippen molar-refractivity contribution in [3.63, 3.8) is 0 Å². The van der Waals surface area contributed by atoms with E-state index in [4.69, 9.17) is 4.42 Å². The molecule has 0 N–H and O–H groups in total. The number of aromatic nitrogens is 1. The monoisotopic (exact) mass is 355 g/mol. The number of furan rings is 1. The van der Waals surface area contributed by atoms with Crippen LogP contribution in [0.25, 0.3) is 33.2 Å². The Labute approximate surface area is 160 Å². The molecule has 2 heteroatoms. The lowest BCUT2D eigenvalue weighted by molar-refractivity contribution is 0.224. The number of benzene rings is 2. The molecule has 0 bridgehead atoms. The van der Waals surface area contributed by atoms with Gasteiger partial charge >= 0.3 is 0 Å². The molecule has 0 aliphatic heterocycles. The van der Waals surface area contributed by atoms with Gasteiger partial charge in [0.1, 0.15) is 11.2 Å². The summed E-state index contributed by atoms with van der Waals surface area (Å²) in [5, 5.41) is 2.28. The molecular weight excluding hydrogens is 330 g/mol. The lowest BCUT2D eigenvalue weighted by atomic mass is 9.71. The van der Waals surface area contributed by atoms with E-state index in [1.807, 2.05) is 18.3 Å². The lowest BCUT2D eigenvalue weighted by Gasteiger charge is -2.34. The fourth-order valence-corrected chi connectivity index (χ4v) is 4.54. The molecule has 136 valence electrons. The summed E-state index contributed by atoms with van der Waals surface area (Å²) in [7, 11) is 0. The predicted molar refractivity (Wildman–Crippen MR) is 112 cm³/mol. The molecule has 0 radical (unpaired) electrons. The Morgan fingerprint density at radius 1 is 0.926 bits per heavy atom. The number of hydrogen-bond donors (Lipinski definition) is 0. The van der Waals surface area contributed by atoms with Gasteiger partial charge in [0, 0.05) is 17.1 Å². The molecule has 5 rings (SSSR count). The molecule has 2 heterocycles. The van der Waals surface area contributed by atoms with Gasteiger partial charge in [0.15, 0.2) is 0 Å². The summed E-state index contributed by atoms with van der Waals surface area (Å²) < 4.78 is 6.25. The van der Waals surface area contributed by atoms with Crippen LogP contribution in [0.5, 0.6) is 0 Å². The molecular formula is C25H25NO. The van der Waals surface area contributed by atoms with Crippen LogP contribution in [0.4, 0.5) is 0 Å². The minimum atomic E-state index is 0.496. The first-order valence-corrected chi connectivity index (χ1v) is 9.97. The zero-order valence-corrected chi connectivity index (χ0v) is 16.0. The number of nitrogens with zero attached hydrogens (tertiary/aromatic N) is 1. The molecule has 2 aromatic carbocycles. The van der Waals surface area contributed by atoms with Gasteiger partial charge in [0.2, 0.25) is 0 Å². The van der Waals surface area contributed by atoms with Crippen LogP contribution >= 0.6 is 0 Å². The number of hydrogen-bond acceptors (Lipinski definition) is 2. The van der Waals surface area contributed by atoms with Gasteiger partial charge in [-0.3, -0.25) is 4.98 Å². The van der Waals surface area contributed by atoms with E-state index in [0.717, 1.165) is 33.2 Å². The highest BCUT2D eigenvalue weighted by Gasteiger charge is 2.28. The molecule has 2 nitrogen and oxygen atoms in total. The van der Waals surface area contributed by atoms with Crippen molar-refractivity contribution in [2.24, 2.45) is 5.41 Å². The largest absolute Gasteiger partial charge is 0.456 e. The standard InChI is InChI=1S/C25H25NO/c1-25(2)13-10-17(11-14-25)19-8-9-20-22(16-19)27-21-12-15-26-24(23(20)21)18-6-4-3-5-7-18/h3-9,12,15-17H,10-11,13-14H2,1-2H3. The van der Waals surface area contributed by atoms with Crippen molar-refractivity contribution < 1.29 is 4.42 Å². The maximum atomic E-state index is 6.25. The molecule has 0 amide bonds. The third-order valence-corrected chi connectivity index (χ3v) is 6.27. The maximum Gasteiger partial charge on any atom is 0.139 e. The molecule has 2 aromatic heterocycles. The average molecular weight is 355 g/mol. The summed E-state index contributed by atoms with van der Waals surface area (Å²) in [6, 6.07) is 19.2.